The molecule has 1 N–H and O–H groups in total. The molecule has 1 heterocycles. The van der Waals surface area contributed by atoms with Gasteiger partial charge in [-0.3, -0.25) is 9.78 Å². The molecule has 5 heteroatoms. The highest BCUT2D eigenvalue weighted by Crippen LogP contribution is 2.27. The van der Waals surface area contributed by atoms with E-state index in [-0.39, 0.29) is 17.8 Å². The van der Waals surface area contributed by atoms with Crippen molar-refractivity contribution in [2.45, 2.75) is 45.1 Å². The summed E-state index contributed by atoms with van der Waals surface area (Å²) in [6.07, 6.45) is 9.54. The molecule has 1 atom stereocenters. The molecule has 3 rings (SSSR count). The Morgan fingerprint density at radius 2 is 1.94 bits per heavy atom. The number of aromatic nitrogens is 1. The van der Waals surface area contributed by atoms with Crippen LogP contribution in [-0.2, 0) is 11.2 Å². The molecule has 0 aliphatic heterocycles. The first-order valence-electron chi connectivity index (χ1n) is 11.3. The number of carbonyl (C=O) groups excluding carboxylic acids is 1. The van der Waals surface area contributed by atoms with Crippen LogP contribution in [0.25, 0.3) is 5.57 Å². The van der Waals surface area contributed by atoms with Gasteiger partial charge in [0.15, 0.2) is 0 Å². The van der Waals surface area contributed by atoms with Gasteiger partial charge in [0, 0.05) is 24.9 Å². The zero-order valence-corrected chi connectivity index (χ0v) is 19.3. The number of nitrogens with zero attached hydrogens (tertiary/aromatic N) is 1. The van der Waals surface area contributed by atoms with Crippen molar-refractivity contribution in [1.82, 2.24) is 10.3 Å². The zero-order chi connectivity index (χ0) is 23.5. The van der Waals surface area contributed by atoms with Gasteiger partial charge in [0.25, 0.3) is 0 Å². The summed E-state index contributed by atoms with van der Waals surface area (Å²) in [5, 5.41) is 3.09. The predicted molar refractivity (Wildman–Crippen MR) is 130 cm³/mol. The Hall–Kier alpha value is -3.47. The molecule has 0 aliphatic rings. The number of benzene rings is 2. The second-order valence-electron chi connectivity index (χ2n) is 8.12. The second-order valence-corrected chi connectivity index (χ2v) is 8.12. The number of ether oxygens (including phenoxy) is 1. The van der Waals surface area contributed by atoms with Crippen molar-refractivity contribution < 1.29 is 13.9 Å². The Kier molecular flexibility index (Phi) is 9.19. The summed E-state index contributed by atoms with van der Waals surface area (Å²) in [4.78, 5) is 16.6. The van der Waals surface area contributed by atoms with E-state index < -0.39 is 0 Å². The Labute approximate surface area is 195 Å². The van der Waals surface area contributed by atoms with Crippen LogP contribution in [0.2, 0.25) is 0 Å². The van der Waals surface area contributed by atoms with Crippen LogP contribution in [0.3, 0.4) is 0 Å². The molecule has 0 unspecified atom stereocenters. The summed E-state index contributed by atoms with van der Waals surface area (Å²) >= 11 is 0. The van der Waals surface area contributed by atoms with E-state index in [0.717, 1.165) is 41.7 Å². The van der Waals surface area contributed by atoms with Gasteiger partial charge in [-0.05, 0) is 85.2 Å². The predicted octanol–water partition coefficient (Wildman–Crippen LogP) is 5.97. The number of methoxy groups -OCH3 is 1. The number of halogens is 1. The fourth-order valence-electron chi connectivity index (χ4n) is 3.75. The van der Waals surface area contributed by atoms with Crippen molar-refractivity contribution in [2.75, 3.05) is 7.11 Å². The maximum Gasteiger partial charge on any atom is 0.220 e. The van der Waals surface area contributed by atoms with Crippen LogP contribution in [0.4, 0.5) is 4.39 Å². The number of hydrogen-bond donors (Lipinski definition) is 1. The van der Waals surface area contributed by atoms with E-state index in [1.54, 1.807) is 25.4 Å². The van der Waals surface area contributed by atoms with Crippen LogP contribution in [0.15, 0.2) is 79.1 Å². The topological polar surface area (TPSA) is 51.2 Å². The van der Waals surface area contributed by atoms with Gasteiger partial charge in [-0.2, -0.15) is 0 Å². The number of carbonyl (C=O) groups is 1. The van der Waals surface area contributed by atoms with Gasteiger partial charge >= 0.3 is 0 Å². The average molecular weight is 447 g/mol. The van der Waals surface area contributed by atoms with Gasteiger partial charge in [-0.25, -0.2) is 4.39 Å². The normalized spacial score (nSPS) is 12.3. The van der Waals surface area contributed by atoms with Crippen LogP contribution in [0, 0.1) is 5.82 Å². The van der Waals surface area contributed by atoms with E-state index in [2.05, 4.69) is 16.4 Å². The largest absolute Gasteiger partial charge is 0.497 e. The number of aryl methyl sites for hydroxylation is 1. The Balaban J connectivity index is 1.57. The maximum atomic E-state index is 13.4. The smallest absolute Gasteiger partial charge is 0.220 e. The fourth-order valence-corrected chi connectivity index (χ4v) is 3.75. The first-order chi connectivity index (χ1) is 16.0. The van der Waals surface area contributed by atoms with Gasteiger partial charge in [0.05, 0.1) is 7.11 Å². The SMILES string of the molecule is COc1cccc(C(=CCCC(=O)N[C@H](C)CCCc2cccnc2)c2ccc(F)cc2)c1. The van der Waals surface area contributed by atoms with Crippen molar-refractivity contribution in [1.29, 1.82) is 0 Å². The van der Waals surface area contributed by atoms with E-state index in [9.17, 15) is 9.18 Å². The number of amides is 1. The van der Waals surface area contributed by atoms with Crippen molar-refractivity contribution in [3.8, 4) is 5.75 Å². The van der Waals surface area contributed by atoms with Crippen LogP contribution < -0.4 is 10.1 Å². The molecule has 0 bridgehead atoms. The monoisotopic (exact) mass is 446 g/mol. The number of rotatable bonds is 11. The third-order valence-electron chi connectivity index (χ3n) is 5.49. The molecule has 1 amide bonds. The van der Waals surface area contributed by atoms with Crippen molar-refractivity contribution >= 4 is 11.5 Å². The average Bonchev–Trinajstić information content (AvgIpc) is 2.83. The standard InChI is InChI=1S/C28H31FN2O2/c1-21(7-3-8-22-9-6-18-30-20-22)31-28(32)13-5-12-27(23-14-16-25(29)17-15-23)24-10-4-11-26(19-24)33-2/h4,6,9-12,14-21H,3,5,7-8,13H2,1-2H3,(H,31,32)/t21-/m1/s1. The van der Waals surface area contributed by atoms with Gasteiger partial charge < -0.3 is 10.1 Å². The van der Waals surface area contributed by atoms with E-state index in [0.29, 0.717) is 12.8 Å². The number of nitrogens with one attached hydrogen (secondary N) is 1. The summed E-state index contributed by atoms with van der Waals surface area (Å²) in [6, 6.07) is 18.3. The minimum Gasteiger partial charge on any atom is -0.497 e. The molecule has 0 saturated heterocycles. The fraction of sp³-hybridized carbons (Fsp3) is 0.286. The molecule has 33 heavy (non-hydrogen) atoms. The highest BCUT2D eigenvalue weighted by Gasteiger charge is 2.10. The molecular weight excluding hydrogens is 415 g/mol. The highest BCUT2D eigenvalue weighted by atomic mass is 19.1. The molecule has 0 saturated carbocycles. The van der Waals surface area contributed by atoms with Crippen molar-refractivity contribution in [3.63, 3.8) is 0 Å². The summed E-state index contributed by atoms with van der Waals surface area (Å²) in [7, 11) is 1.63. The molecule has 0 radical (unpaired) electrons. The first kappa shape index (κ1) is 24.2. The third-order valence-corrected chi connectivity index (χ3v) is 5.49. The molecular formula is C28H31FN2O2. The van der Waals surface area contributed by atoms with Crippen molar-refractivity contribution in [2.24, 2.45) is 0 Å². The van der Waals surface area contributed by atoms with E-state index >= 15 is 0 Å². The quantitative estimate of drug-likeness (QED) is 0.395. The minimum absolute atomic E-state index is 0.0317. The molecule has 3 aromatic rings. The Morgan fingerprint density at radius 1 is 1.12 bits per heavy atom. The van der Waals surface area contributed by atoms with E-state index in [1.165, 1.54) is 17.7 Å². The van der Waals surface area contributed by atoms with Gasteiger partial charge in [-0.1, -0.05) is 36.4 Å². The number of allylic oxidation sites excluding steroid dienone is 1. The van der Waals surface area contributed by atoms with Crippen LogP contribution in [0.5, 0.6) is 5.75 Å². The molecule has 0 spiro atoms. The summed E-state index contributed by atoms with van der Waals surface area (Å²) < 4.78 is 18.8. The molecule has 1 aromatic heterocycles. The van der Waals surface area contributed by atoms with Crippen LogP contribution >= 0.6 is 0 Å². The molecule has 172 valence electrons. The summed E-state index contributed by atoms with van der Waals surface area (Å²) in [6.45, 7) is 2.04. The zero-order valence-electron chi connectivity index (χ0n) is 19.3. The Morgan fingerprint density at radius 3 is 2.67 bits per heavy atom. The lowest BCUT2D eigenvalue weighted by atomic mass is 9.96. The lowest BCUT2D eigenvalue weighted by molar-refractivity contribution is -0.121. The lowest BCUT2D eigenvalue weighted by Gasteiger charge is -2.14. The minimum atomic E-state index is -0.277. The van der Waals surface area contributed by atoms with Gasteiger partial charge in [0.1, 0.15) is 11.6 Å². The highest BCUT2D eigenvalue weighted by molar-refractivity contribution is 5.81. The Bertz CT molecular complexity index is 1050. The summed E-state index contributed by atoms with van der Waals surface area (Å²) in [5.74, 6) is 0.503. The maximum absolute atomic E-state index is 13.4. The molecule has 2 aromatic carbocycles. The van der Waals surface area contributed by atoms with Gasteiger partial charge in [0.2, 0.25) is 5.91 Å². The molecule has 0 fully saturated rings. The third kappa shape index (κ3) is 7.86. The first-order valence-corrected chi connectivity index (χ1v) is 11.3. The number of pyridine rings is 1. The molecule has 4 nitrogen and oxygen atoms in total. The van der Waals surface area contributed by atoms with Crippen LogP contribution in [0.1, 0.15) is 49.3 Å². The molecule has 0 aliphatic carbocycles. The lowest BCUT2D eigenvalue weighted by Crippen LogP contribution is -2.32. The van der Waals surface area contributed by atoms with Crippen molar-refractivity contribution in [3.05, 3.63) is 102 Å². The van der Waals surface area contributed by atoms with E-state index in [4.69, 9.17) is 4.74 Å². The second kappa shape index (κ2) is 12.5. The van der Waals surface area contributed by atoms with Crippen LogP contribution in [-0.4, -0.2) is 24.0 Å². The van der Waals surface area contributed by atoms with E-state index in [1.807, 2.05) is 49.5 Å². The number of hydrogen-bond acceptors (Lipinski definition) is 3. The summed E-state index contributed by atoms with van der Waals surface area (Å²) in [5.41, 5.74) is 4.03. The van der Waals surface area contributed by atoms with Gasteiger partial charge in [-0.15, -0.1) is 0 Å².